The molecule has 1 aromatic carbocycles. The lowest BCUT2D eigenvalue weighted by molar-refractivity contribution is 0.409. The van der Waals surface area contributed by atoms with Gasteiger partial charge in [0.1, 0.15) is 5.75 Å². The maximum Gasteiger partial charge on any atom is 0.191 e. The molecule has 4 nitrogen and oxygen atoms in total. The maximum atomic E-state index is 5.36. The van der Waals surface area contributed by atoms with Crippen LogP contribution in [-0.4, -0.2) is 26.2 Å². The Bertz CT molecular complexity index is 453. The molecule has 0 atom stereocenters. The molecule has 120 valence electrons. The predicted octanol–water partition coefficient (Wildman–Crippen LogP) is 3.79. The molecule has 0 saturated carbocycles. The molecule has 21 heavy (non-hydrogen) atoms. The molecule has 0 saturated heterocycles. The molecular weight excluding hydrogens is 445 g/mol. The highest BCUT2D eigenvalue weighted by Crippen LogP contribution is 2.23. The fourth-order valence-corrected chi connectivity index (χ4v) is 2.09. The molecule has 1 rings (SSSR count). The van der Waals surface area contributed by atoms with Crippen LogP contribution in [0.4, 0.5) is 0 Å². The second-order valence-electron chi connectivity index (χ2n) is 4.93. The highest BCUT2D eigenvalue weighted by Gasteiger charge is 2.04. The quantitative estimate of drug-likeness (QED) is 0.378. The zero-order valence-corrected chi connectivity index (χ0v) is 17.0. The lowest BCUT2D eigenvalue weighted by Gasteiger charge is -2.13. The molecule has 2 N–H and O–H groups in total. The number of hydrogen-bond acceptors (Lipinski definition) is 2. The van der Waals surface area contributed by atoms with E-state index in [1.165, 1.54) is 0 Å². The Labute approximate surface area is 153 Å². The van der Waals surface area contributed by atoms with Crippen LogP contribution in [0.25, 0.3) is 0 Å². The molecule has 0 aliphatic carbocycles. The SMILES string of the molecule is CCNC(=NCc1cc(Br)ccc1OC)NCC(C)C.I. The topological polar surface area (TPSA) is 45.7 Å². The third-order valence-corrected chi connectivity index (χ3v) is 3.17. The van der Waals surface area contributed by atoms with Crippen LogP contribution in [0.2, 0.25) is 0 Å². The summed E-state index contributed by atoms with van der Waals surface area (Å²) in [4.78, 5) is 4.60. The van der Waals surface area contributed by atoms with E-state index in [9.17, 15) is 0 Å². The van der Waals surface area contributed by atoms with Gasteiger partial charge in [-0.1, -0.05) is 29.8 Å². The van der Waals surface area contributed by atoms with Gasteiger partial charge in [0.25, 0.3) is 0 Å². The van der Waals surface area contributed by atoms with Crippen molar-refractivity contribution in [1.82, 2.24) is 10.6 Å². The van der Waals surface area contributed by atoms with E-state index in [1.807, 2.05) is 18.2 Å². The fourth-order valence-electron chi connectivity index (χ4n) is 1.68. The van der Waals surface area contributed by atoms with Gasteiger partial charge in [0, 0.05) is 23.1 Å². The van der Waals surface area contributed by atoms with Crippen LogP contribution >= 0.6 is 39.9 Å². The molecule has 0 aliphatic rings. The second-order valence-corrected chi connectivity index (χ2v) is 5.84. The summed E-state index contributed by atoms with van der Waals surface area (Å²) in [5, 5.41) is 6.58. The summed E-state index contributed by atoms with van der Waals surface area (Å²) in [6, 6.07) is 5.95. The van der Waals surface area contributed by atoms with Crippen LogP contribution in [0.5, 0.6) is 5.75 Å². The van der Waals surface area contributed by atoms with Crippen molar-refractivity contribution in [1.29, 1.82) is 0 Å². The van der Waals surface area contributed by atoms with E-state index in [0.717, 1.165) is 34.8 Å². The normalized spacial score (nSPS) is 11.0. The van der Waals surface area contributed by atoms with Crippen molar-refractivity contribution in [2.24, 2.45) is 10.9 Å². The van der Waals surface area contributed by atoms with Crippen molar-refractivity contribution in [2.75, 3.05) is 20.2 Å². The molecule has 0 bridgehead atoms. The van der Waals surface area contributed by atoms with E-state index in [1.54, 1.807) is 7.11 Å². The van der Waals surface area contributed by atoms with Gasteiger partial charge in [-0.2, -0.15) is 0 Å². The minimum absolute atomic E-state index is 0. The first-order chi connectivity index (χ1) is 9.56. The predicted molar refractivity (Wildman–Crippen MR) is 104 cm³/mol. The highest BCUT2D eigenvalue weighted by molar-refractivity contribution is 14.0. The molecule has 0 heterocycles. The summed E-state index contributed by atoms with van der Waals surface area (Å²) in [5.41, 5.74) is 1.06. The van der Waals surface area contributed by atoms with E-state index >= 15 is 0 Å². The van der Waals surface area contributed by atoms with Crippen LogP contribution in [0.15, 0.2) is 27.7 Å². The van der Waals surface area contributed by atoms with Gasteiger partial charge in [-0.15, -0.1) is 24.0 Å². The van der Waals surface area contributed by atoms with E-state index in [4.69, 9.17) is 4.74 Å². The minimum atomic E-state index is 0. The van der Waals surface area contributed by atoms with E-state index in [2.05, 4.69) is 52.3 Å². The zero-order chi connectivity index (χ0) is 15.0. The van der Waals surface area contributed by atoms with Crippen molar-refractivity contribution < 1.29 is 4.74 Å². The average molecular weight is 470 g/mol. The van der Waals surface area contributed by atoms with Gasteiger partial charge in [0.05, 0.1) is 13.7 Å². The number of ether oxygens (including phenoxy) is 1. The Morgan fingerprint density at radius 3 is 2.62 bits per heavy atom. The summed E-state index contributed by atoms with van der Waals surface area (Å²) in [6.07, 6.45) is 0. The number of halogens is 2. The van der Waals surface area contributed by atoms with Crippen molar-refractivity contribution in [3.63, 3.8) is 0 Å². The largest absolute Gasteiger partial charge is 0.496 e. The van der Waals surface area contributed by atoms with Gasteiger partial charge in [0.15, 0.2) is 5.96 Å². The summed E-state index contributed by atoms with van der Waals surface area (Å²) in [6.45, 7) is 8.74. The van der Waals surface area contributed by atoms with Crippen molar-refractivity contribution in [3.05, 3.63) is 28.2 Å². The summed E-state index contributed by atoms with van der Waals surface area (Å²) in [5.74, 6) is 2.28. The monoisotopic (exact) mass is 469 g/mol. The summed E-state index contributed by atoms with van der Waals surface area (Å²) < 4.78 is 6.39. The van der Waals surface area contributed by atoms with E-state index < -0.39 is 0 Å². The number of nitrogens with zero attached hydrogens (tertiary/aromatic N) is 1. The van der Waals surface area contributed by atoms with Crippen LogP contribution in [0, 0.1) is 5.92 Å². The number of methoxy groups -OCH3 is 1. The standard InChI is InChI=1S/C15H24BrN3O.HI/c1-5-17-15(18-9-11(2)3)19-10-12-8-13(16)6-7-14(12)20-4;/h6-8,11H,5,9-10H2,1-4H3,(H2,17,18,19);1H. The molecule has 0 amide bonds. The molecule has 1 aromatic rings. The first-order valence-corrected chi connectivity index (χ1v) is 7.70. The molecule has 0 radical (unpaired) electrons. The first kappa shape index (κ1) is 20.5. The lowest BCUT2D eigenvalue weighted by Crippen LogP contribution is -2.39. The maximum absolute atomic E-state index is 5.36. The Morgan fingerprint density at radius 2 is 2.05 bits per heavy atom. The van der Waals surface area contributed by atoms with Gasteiger partial charge in [-0.05, 0) is 31.0 Å². The Hall–Kier alpha value is -0.500. The number of rotatable bonds is 6. The smallest absolute Gasteiger partial charge is 0.191 e. The van der Waals surface area contributed by atoms with Gasteiger partial charge in [-0.25, -0.2) is 4.99 Å². The van der Waals surface area contributed by atoms with Gasteiger partial charge in [-0.3, -0.25) is 0 Å². The summed E-state index contributed by atoms with van der Waals surface area (Å²) >= 11 is 3.48. The molecule has 0 unspecified atom stereocenters. The van der Waals surface area contributed by atoms with Crippen LogP contribution in [0.3, 0.4) is 0 Å². The summed E-state index contributed by atoms with van der Waals surface area (Å²) in [7, 11) is 1.68. The van der Waals surface area contributed by atoms with Gasteiger partial charge >= 0.3 is 0 Å². The molecule has 0 fully saturated rings. The third-order valence-electron chi connectivity index (χ3n) is 2.67. The number of benzene rings is 1. The van der Waals surface area contributed by atoms with Crippen LogP contribution in [-0.2, 0) is 6.54 Å². The number of guanidine groups is 1. The number of aliphatic imine (C=N–C) groups is 1. The Balaban J connectivity index is 0.00000400. The van der Waals surface area contributed by atoms with Crippen LogP contribution < -0.4 is 15.4 Å². The highest BCUT2D eigenvalue weighted by atomic mass is 127. The molecule has 0 aliphatic heterocycles. The average Bonchev–Trinajstić information content (AvgIpc) is 2.42. The van der Waals surface area contributed by atoms with E-state index in [-0.39, 0.29) is 24.0 Å². The molecular formula is C15H25BrIN3O. The van der Waals surface area contributed by atoms with Gasteiger partial charge < -0.3 is 15.4 Å². The number of hydrogen-bond donors (Lipinski definition) is 2. The van der Waals surface area contributed by atoms with E-state index in [0.29, 0.717) is 12.5 Å². The van der Waals surface area contributed by atoms with Gasteiger partial charge in [0.2, 0.25) is 0 Å². The van der Waals surface area contributed by atoms with Crippen molar-refractivity contribution >= 4 is 45.9 Å². The third kappa shape index (κ3) is 7.90. The van der Waals surface area contributed by atoms with Crippen molar-refractivity contribution in [2.45, 2.75) is 27.3 Å². The number of nitrogens with one attached hydrogen (secondary N) is 2. The Morgan fingerprint density at radius 1 is 1.33 bits per heavy atom. The first-order valence-electron chi connectivity index (χ1n) is 6.91. The zero-order valence-electron chi connectivity index (χ0n) is 13.1. The molecule has 6 heteroatoms. The lowest BCUT2D eigenvalue weighted by atomic mass is 10.2. The Kier molecular flexibility index (Phi) is 10.9. The fraction of sp³-hybridized carbons (Fsp3) is 0.533. The second kappa shape index (κ2) is 11.1. The van der Waals surface area contributed by atoms with Crippen LogP contribution in [0.1, 0.15) is 26.3 Å². The minimum Gasteiger partial charge on any atom is -0.496 e. The molecule has 0 aromatic heterocycles. The van der Waals surface area contributed by atoms with Crippen molar-refractivity contribution in [3.8, 4) is 5.75 Å². The molecule has 0 spiro atoms.